The van der Waals surface area contributed by atoms with Crippen LogP contribution in [0, 0.1) is 0 Å². The van der Waals surface area contributed by atoms with Gasteiger partial charge in [0.05, 0.1) is 0 Å². The zero-order chi connectivity index (χ0) is 19.2. The molecule has 0 aliphatic carbocycles. The molecule has 0 aliphatic heterocycles. The number of carbonyl (C=O) groups is 1. The van der Waals surface area contributed by atoms with Crippen LogP contribution in [-0.2, 0) is 6.54 Å². The lowest BCUT2D eigenvalue weighted by Gasteiger charge is -2.13. The zero-order valence-electron chi connectivity index (χ0n) is 15.2. The zero-order valence-corrected chi connectivity index (χ0v) is 16.0. The standard InChI is InChI=1S/C21H21ClN4O/c1-26(2)19-9-7-17(8-10-19)25-18-11-12-23-20(13-18)21(27)24-14-15-3-5-16(22)6-4-15/h3-13H,14H2,1-2H3,(H,23,25)(H,24,27). The Balaban J connectivity index is 1.63. The monoisotopic (exact) mass is 380 g/mol. The van der Waals surface area contributed by atoms with Crippen molar-refractivity contribution in [1.29, 1.82) is 0 Å². The normalized spacial score (nSPS) is 10.3. The van der Waals surface area contributed by atoms with Gasteiger partial charge in [0, 0.05) is 48.9 Å². The molecule has 6 heteroatoms. The molecule has 3 rings (SSSR count). The fourth-order valence-corrected chi connectivity index (χ4v) is 2.64. The molecule has 1 amide bonds. The molecule has 0 bridgehead atoms. The van der Waals surface area contributed by atoms with Crippen molar-refractivity contribution < 1.29 is 4.79 Å². The van der Waals surface area contributed by atoms with Gasteiger partial charge in [0.1, 0.15) is 5.69 Å². The van der Waals surface area contributed by atoms with Crippen LogP contribution in [0.3, 0.4) is 0 Å². The van der Waals surface area contributed by atoms with Crippen molar-refractivity contribution in [2.45, 2.75) is 6.54 Å². The molecule has 0 saturated heterocycles. The van der Waals surface area contributed by atoms with Crippen LogP contribution in [0.1, 0.15) is 16.1 Å². The highest BCUT2D eigenvalue weighted by molar-refractivity contribution is 6.30. The molecule has 27 heavy (non-hydrogen) atoms. The Kier molecular flexibility index (Phi) is 5.94. The molecule has 1 aromatic heterocycles. The number of aromatic nitrogens is 1. The maximum atomic E-state index is 12.4. The van der Waals surface area contributed by atoms with Crippen LogP contribution < -0.4 is 15.5 Å². The van der Waals surface area contributed by atoms with E-state index in [2.05, 4.69) is 15.6 Å². The highest BCUT2D eigenvalue weighted by Gasteiger charge is 2.08. The van der Waals surface area contributed by atoms with Gasteiger partial charge in [0.25, 0.3) is 5.91 Å². The maximum absolute atomic E-state index is 12.4. The van der Waals surface area contributed by atoms with Gasteiger partial charge < -0.3 is 15.5 Å². The van der Waals surface area contributed by atoms with Gasteiger partial charge in [0.2, 0.25) is 0 Å². The third kappa shape index (κ3) is 5.21. The summed E-state index contributed by atoms with van der Waals surface area (Å²) in [6, 6.07) is 19.0. The molecule has 0 unspecified atom stereocenters. The molecule has 0 fully saturated rings. The summed E-state index contributed by atoms with van der Waals surface area (Å²) in [7, 11) is 4.00. The number of anilines is 3. The molecular weight excluding hydrogens is 360 g/mol. The first-order valence-electron chi connectivity index (χ1n) is 8.54. The van der Waals surface area contributed by atoms with E-state index in [0.717, 1.165) is 22.6 Å². The Morgan fingerprint density at radius 3 is 2.37 bits per heavy atom. The summed E-state index contributed by atoms with van der Waals surface area (Å²) in [5.74, 6) is -0.225. The van der Waals surface area contributed by atoms with Crippen LogP contribution in [-0.4, -0.2) is 25.0 Å². The second kappa shape index (κ2) is 8.56. The molecule has 2 N–H and O–H groups in total. The fourth-order valence-electron chi connectivity index (χ4n) is 2.52. The van der Waals surface area contributed by atoms with Gasteiger partial charge in [-0.15, -0.1) is 0 Å². The minimum Gasteiger partial charge on any atom is -0.378 e. The highest BCUT2D eigenvalue weighted by atomic mass is 35.5. The summed E-state index contributed by atoms with van der Waals surface area (Å²) in [5.41, 5.74) is 4.21. The van der Waals surface area contributed by atoms with Crippen molar-refractivity contribution in [1.82, 2.24) is 10.3 Å². The van der Waals surface area contributed by atoms with Gasteiger partial charge in [-0.2, -0.15) is 0 Å². The van der Waals surface area contributed by atoms with Crippen LogP contribution in [0.25, 0.3) is 0 Å². The fraction of sp³-hybridized carbons (Fsp3) is 0.143. The van der Waals surface area contributed by atoms with Gasteiger partial charge in [-0.1, -0.05) is 23.7 Å². The lowest BCUT2D eigenvalue weighted by atomic mass is 10.2. The van der Waals surface area contributed by atoms with Gasteiger partial charge >= 0.3 is 0 Å². The Bertz CT molecular complexity index is 908. The third-order valence-electron chi connectivity index (χ3n) is 4.03. The quantitative estimate of drug-likeness (QED) is 0.662. The molecule has 1 heterocycles. The average molecular weight is 381 g/mol. The Hall–Kier alpha value is -3.05. The molecular formula is C21H21ClN4O. The van der Waals surface area contributed by atoms with Crippen LogP contribution in [0.2, 0.25) is 5.02 Å². The molecule has 0 radical (unpaired) electrons. The van der Waals surface area contributed by atoms with Crippen molar-refractivity contribution in [3.05, 3.63) is 83.1 Å². The van der Waals surface area contributed by atoms with E-state index in [0.29, 0.717) is 17.3 Å². The van der Waals surface area contributed by atoms with Crippen molar-refractivity contribution in [3.63, 3.8) is 0 Å². The summed E-state index contributed by atoms with van der Waals surface area (Å²) in [6.45, 7) is 0.418. The van der Waals surface area contributed by atoms with Gasteiger partial charge in [-0.3, -0.25) is 9.78 Å². The first-order chi connectivity index (χ1) is 13.0. The highest BCUT2D eigenvalue weighted by Crippen LogP contribution is 2.20. The second-order valence-electron chi connectivity index (χ2n) is 6.31. The van der Waals surface area contributed by atoms with Crippen molar-refractivity contribution >= 4 is 34.6 Å². The minimum absolute atomic E-state index is 0.225. The summed E-state index contributed by atoms with van der Waals surface area (Å²) in [4.78, 5) is 18.6. The first-order valence-corrected chi connectivity index (χ1v) is 8.92. The predicted molar refractivity (Wildman–Crippen MR) is 111 cm³/mol. The third-order valence-corrected chi connectivity index (χ3v) is 4.28. The SMILES string of the molecule is CN(C)c1ccc(Nc2ccnc(C(=O)NCc3ccc(Cl)cc3)c2)cc1. The number of carbonyl (C=O) groups excluding carboxylic acids is 1. The average Bonchev–Trinajstić information content (AvgIpc) is 2.68. The van der Waals surface area contributed by atoms with Crippen LogP contribution >= 0.6 is 11.6 Å². The number of hydrogen-bond acceptors (Lipinski definition) is 4. The molecule has 0 aliphatic rings. The van der Waals surface area contributed by atoms with E-state index >= 15 is 0 Å². The van der Waals surface area contributed by atoms with Gasteiger partial charge in [-0.05, 0) is 54.1 Å². The molecule has 138 valence electrons. The summed E-state index contributed by atoms with van der Waals surface area (Å²) in [6.07, 6.45) is 1.62. The Morgan fingerprint density at radius 2 is 1.70 bits per heavy atom. The number of nitrogens with one attached hydrogen (secondary N) is 2. The van der Waals surface area contributed by atoms with E-state index in [4.69, 9.17) is 11.6 Å². The lowest BCUT2D eigenvalue weighted by molar-refractivity contribution is 0.0946. The number of benzene rings is 2. The van der Waals surface area contributed by atoms with E-state index in [1.54, 1.807) is 24.4 Å². The van der Waals surface area contributed by atoms with Gasteiger partial charge in [-0.25, -0.2) is 0 Å². The number of halogens is 1. The van der Waals surface area contributed by atoms with Gasteiger partial charge in [0.15, 0.2) is 0 Å². The summed E-state index contributed by atoms with van der Waals surface area (Å²) in [5, 5.41) is 6.83. The summed E-state index contributed by atoms with van der Waals surface area (Å²) >= 11 is 5.87. The van der Waals surface area contributed by atoms with E-state index in [9.17, 15) is 4.79 Å². The van der Waals surface area contributed by atoms with Crippen molar-refractivity contribution in [2.75, 3.05) is 24.3 Å². The van der Waals surface area contributed by atoms with Crippen LogP contribution in [0.15, 0.2) is 66.9 Å². The number of hydrogen-bond donors (Lipinski definition) is 2. The predicted octanol–water partition coefficient (Wildman–Crippen LogP) is 4.47. The number of nitrogens with zero attached hydrogens (tertiary/aromatic N) is 2. The van der Waals surface area contributed by atoms with Crippen molar-refractivity contribution in [3.8, 4) is 0 Å². The molecule has 0 spiro atoms. The van der Waals surface area contributed by atoms with E-state index in [-0.39, 0.29) is 5.91 Å². The smallest absolute Gasteiger partial charge is 0.270 e. The number of pyridine rings is 1. The van der Waals surface area contributed by atoms with Crippen LogP contribution in [0.4, 0.5) is 17.1 Å². The topological polar surface area (TPSA) is 57.3 Å². The molecule has 3 aromatic rings. The Labute approximate surface area is 164 Å². The molecule has 5 nitrogen and oxygen atoms in total. The summed E-state index contributed by atoms with van der Waals surface area (Å²) < 4.78 is 0. The largest absolute Gasteiger partial charge is 0.378 e. The Morgan fingerprint density at radius 1 is 1.00 bits per heavy atom. The number of rotatable bonds is 6. The first kappa shape index (κ1) is 18.7. The minimum atomic E-state index is -0.225. The van der Waals surface area contributed by atoms with Crippen molar-refractivity contribution in [2.24, 2.45) is 0 Å². The second-order valence-corrected chi connectivity index (χ2v) is 6.74. The molecule has 0 saturated carbocycles. The molecule has 2 aromatic carbocycles. The van der Waals surface area contributed by atoms with Crippen LogP contribution in [0.5, 0.6) is 0 Å². The maximum Gasteiger partial charge on any atom is 0.270 e. The number of amides is 1. The molecule has 0 atom stereocenters. The lowest BCUT2D eigenvalue weighted by Crippen LogP contribution is -2.23. The van der Waals surface area contributed by atoms with E-state index < -0.39 is 0 Å². The van der Waals surface area contributed by atoms with E-state index in [1.165, 1.54) is 0 Å². The van der Waals surface area contributed by atoms with E-state index in [1.807, 2.05) is 61.5 Å².